The van der Waals surface area contributed by atoms with Gasteiger partial charge in [0.15, 0.2) is 0 Å². The van der Waals surface area contributed by atoms with Gasteiger partial charge in [0.2, 0.25) is 0 Å². The normalized spacial score (nSPS) is 14.3. The van der Waals surface area contributed by atoms with Crippen LogP contribution >= 0.6 is 0 Å². The van der Waals surface area contributed by atoms with Crippen LogP contribution in [-0.2, 0) is 9.59 Å². The van der Waals surface area contributed by atoms with Crippen molar-refractivity contribution in [2.75, 3.05) is 36.4 Å². The van der Waals surface area contributed by atoms with Gasteiger partial charge in [0.25, 0.3) is 0 Å². The predicted octanol–water partition coefficient (Wildman–Crippen LogP) is 1.82. The molecule has 0 bridgehead atoms. The summed E-state index contributed by atoms with van der Waals surface area (Å²) >= 11 is 0. The van der Waals surface area contributed by atoms with Gasteiger partial charge in [-0.15, -0.1) is 0 Å². The molecule has 1 aliphatic rings. The molecule has 130 valence electrons. The molecule has 0 aromatic heterocycles. The lowest BCUT2D eigenvalue weighted by atomic mass is 10.2. The first-order chi connectivity index (χ1) is 12.0. The number of hydrogen-bond acceptors (Lipinski definition) is 4. The number of amides is 2. The lowest BCUT2D eigenvalue weighted by molar-refractivity contribution is -0.143. The van der Waals surface area contributed by atoms with Crippen LogP contribution in [0.15, 0.2) is 48.5 Å². The maximum Gasteiger partial charge on any atom is 0.313 e. The molecule has 7 heteroatoms. The number of phenols is 1. The van der Waals surface area contributed by atoms with Gasteiger partial charge in [-0.1, -0.05) is 12.1 Å². The van der Waals surface area contributed by atoms with E-state index in [1.54, 1.807) is 18.2 Å². The molecular weight excluding hydrogens is 325 g/mol. The molecule has 2 aromatic rings. The Morgan fingerprint density at radius 2 is 1.60 bits per heavy atom. The van der Waals surface area contributed by atoms with Gasteiger partial charge in [0, 0.05) is 31.9 Å². The summed E-state index contributed by atoms with van der Waals surface area (Å²) in [5, 5.41) is 11.7. The van der Waals surface area contributed by atoms with Crippen LogP contribution in [0.1, 0.15) is 0 Å². The summed E-state index contributed by atoms with van der Waals surface area (Å²) in [6, 6.07) is 12.4. The summed E-state index contributed by atoms with van der Waals surface area (Å²) < 4.78 is 13.8. The molecule has 6 nitrogen and oxygen atoms in total. The van der Waals surface area contributed by atoms with Crippen LogP contribution in [-0.4, -0.2) is 48.0 Å². The Bertz CT molecular complexity index is 771. The number of hydrogen-bond donors (Lipinski definition) is 2. The minimum absolute atomic E-state index is 0.0774. The predicted molar refractivity (Wildman–Crippen MR) is 91.9 cm³/mol. The second-order valence-corrected chi connectivity index (χ2v) is 5.73. The average Bonchev–Trinajstić information content (AvgIpc) is 2.63. The van der Waals surface area contributed by atoms with Crippen LogP contribution in [0.3, 0.4) is 0 Å². The van der Waals surface area contributed by atoms with E-state index in [0.717, 1.165) is 0 Å². The lowest BCUT2D eigenvalue weighted by Crippen LogP contribution is -2.51. The number of para-hydroxylation sites is 1. The van der Waals surface area contributed by atoms with Gasteiger partial charge in [-0.05, 0) is 36.4 Å². The van der Waals surface area contributed by atoms with Crippen molar-refractivity contribution in [1.29, 1.82) is 0 Å². The fraction of sp³-hybridized carbons (Fsp3) is 0.222. The first-order valence-electron chi connectivity index (χ1n) is 7.93. The Labute approximate surface area is 144 Å². The van der Waals surface area contributed by atoms with E-state index in [2.05, 4.69) is 5.32 Å². The van der Waals surface area contributed by atoms with E-state index in [1.807, 2.05) is 4.90 Å². The zero-order chi connectivity index (χ0) is 17.8. The number of aromatic hydroxyl groups is 1. The molecular formula is C18H18FN3O3. The Morgan fingerprint density at radius 1 is 0.960 bits per heavy atom. The van der Waals surface area contributed by atoms with Crippen molar-refractivity contribution in [1.82, 2.24) is 4.90 Å². The molecule has 0 spiro atoms. The largest absolute Gasteiger partial charge is 0.508 e. The molecule has 2 amide bonds. The van der Waals surface area contributed by atoms with Crippen molar-refractivity contribution in [3.63, 3.8) is 0 Å². The Hall–Kier alpha value is -3.09. The number of rotatable bonds is 2. The highest BCUT2D eigenvalue weighted by Crippen LogP contribution is 2.20. The van der Waals surface area contributed by atoms with Crippen molar-refractivity contribution >= 4 is 23.2 Å². The molecule has 1 saturated heterocycles. The molecule has 0 atom stereocenters. The van der Waals surface area contributed by atoms with E-state index in [0.29, 0.717) is 37.6 Å². The topological polar surface area (TPSA) is 72.9 Å². The maximum absolute atomic E-state index is 13.8. The zero-order valence-electron chi connectivity index (χ0n) is 13.5. The van der Waals surface area contributed by atoms with E-state index in [4.69, 9.17) is 0 Å². The number of benzene rings is 2. The summed E-state index contributed by atoms with van der Waals surface area (Å²) in [7, 11) is 0. The molecule has 2 N–H and O–H groups in total. The number of halogens is 1. The Morgan fingerprint density at radius 3 is 2.24 bits per heavy atom. The highest BCUT2D eigenvalue weighted by atomic mass is 19.1. The minimum atomic E-state index is -0.731. The number of phenolic OH excluding ortho intramolecular Hbond substituents is 1. The van der Waals surface area contributed by atoms with Crippen molar-refractivity contribution in [2.24, 2.45) is 0 Å². The molecule has 0 unspecified atom stereocenters. The molecule has 1 aliphatic heterocycles. The number of carbonyl (C=O) groups is 2. The van der Waals surface area contributed by atoms with E-state index in [-0.39, 0.29) is 11.6 Å². The molecule has 1 fully saturated rings. The highest BCUT2D eigenvalue weighted by molar-refractivity contribution is 6.39. The van der Waals surface area contributed by atoms with E-state index in [1.165, 1.54) is 35.2 Å². The number of piperazine rings is 1. The van der Waals surface area contributed by atoms with Crippen molar-refractivity contribution in [3.05, 3.63) is 54.3 Å². The molecule has 0 radical (unpaired) electrons. The van der Waals surface area contributed by atoms with Gasteiger partial charge >= 0.3 is 11.8 Å². The second-order valence-electron chi connectivity index (χ2n) is 5.73. The van der Waals surface area contributed by atoms with Gasteiger partial charge < -0.3 is 20.2 Å². The standard InChI is InChI=1S/C18H18FN3O3/c19-15-3-1-2-4-16(15)21-9-11-22(12-10-21)18(25)17(24)20-13-5-7-14(23)8-6-13/h1-8,23H,9-12H2,(H,20,24). The number of nitrogens with zero attached hydrogens (tertiary/aromatic N) is 2. The number of nitrogens with one attached hydrogen (secondary N) is 1. The van der Waals surface area contributed by atoms with Gasteiger partial charge in [0.1, 0.15) is 11.6 Å². The van der Waals surface area contributed by atoms with Crippen molar-refractivity contribution in [2.45, 2.75) is 0 Å². The average molecular weight is 343 g/mol. The molecule has 1 heterocycles. The maximum atomic E-state index is 13.8. The van der Waals surface area contributed by atoms with Crippen molar-refractivity contribution in [3.8, 4) is 5.75 Å². The van der Waals surface area contributed by atoms with E-state index >= 15 is 0 Å². The summed E-state index contributed by atoms with van der Waals surface area (Å²) in [5.74, 6) is -1.58. The smallest absolute Gasteiger partial charge is 0.313 e. The van der Waals surface area contributed by atoms with Gasteiger partial charge in [0.05, 0.1) is 5.69 Å². The first kappa shape index (κ1) is 16.8. The monoisotopic (exact) mass is 343 g/mol. The SMILES string of the molecule is O=C(Nc1ccc(O)cc1)C(=O)N1CCN(c2ccccc2F)CC1. The lowest BCUT2D eigenvalue weighted by Gasteiger charge is -2.35. The third-order valence-electron chi connectivity index (χ3n) is 4.08. The Kier molecular flexibility index (Phi) is 4.83. The zero-order valence-corrected chi connectivity index (χ0v) is 13.5. The van der Waals surface area contributed by atoms with Gasteiger partial charge in [-0.25, -0.2) is 4.39 Å². The summed E-state index contributed by atoms with van der Waals surface area (Å²) in [6.07, 6.45) is 0. The van der Waals surface area contributed by atoms with Gasteiger partial charge in [-0.3, -0.25) is 9.59 Å². The third kappa shape index (κ3) is 3.88. The fourth-order valence-corrected chi connectivity index (χ4v) is 2.73. The highest BCUT2D eigenvalue weighted by Gasteiger charge is 2.26. The summed E-state index contributed by atoms with van der Waals surface area (Å²) in [4.78, 5) is 27.6. The van der Waals surface area contributed by atoms with Crippen molar-refractivity contribution < 1.29 is 19.1 Å². The molecule has 0 saturated carbocycles. The van der Waals surface area contributed by atoms with Crippen LogP contribution in [0.2, 0.25) is 0 Å². The molecule has 3 rings (SSSR count). The van der Waals surface area contributed by atoms with E-state index in [9.17, 15) is 19.1 Å². The fourth-order valence-electron chi connectivity index (χ4n) is 2.73. The van der Waals surface area contributed by atoms with Crippen LogP contribution < -0.4 is 10.2 Å². The van der Waals surface area contributed by atoms with Gasteiger partial charge in [-0.2, -0.15) is 0 Å². The Balaban J connectivity index is 1.57. The van der Waals surface area contributed by atoms with E-state index < -0.39 is 11.8 Å². The minimum Gasteiger partial charge on any atom is -0.508 e. The number of carbonyl (C=O) groups excluding carboxylic acids is 2. The first-order valence-corrected chi connectivity index (χ1v) is 7.93. The van der Waals surface area contributed by atoms with Crippen LogP contribution in [0.5, 0.6) is 5.75 Å². The third-order valence-corrected chi connectivity index (χ3v) is 4.08. The number of anilines is 2. The molecule has 25 heavy (non-hydrogen) atoms. The quantitative estimate of drug-likeness (QED) is 0.644. The molecule has 2 aromatic carbocycles. The van der Waals surface area contributed by atoms with Crippen LogP contribution in [0.25, 0.3) is 0 Å². The molecule has 0 aliphatic carbocycles. The summed E-state index contributed by atoms with van der Waals surface area (Å²) in [5.41, 5.74) is 0.935. The van der Waals surface area contributed by atoms with Crippen LogP contribution in [0, 0.1) is 5.82 Å². The summed E-state index contributed by atoms with van der Waals surface area (Å²) in [6.45, 7) is 1.60. The second kappa shape index (κ2) is 7.21. The van der Waals surface area contributed by atoms with Crippen LogP contribution in [0.4, 0.5) is 15.8 Å².